The molecule has 5 heteroatoms. The van der Waals surface area contributed by atoms with E-state index in [2.05, 4.69) is 46.2 Å². The molecule has 1 aromatic rings. The molecule has 0 bridgehead atoms. The minimum Gasteiger partial charge on any atom is -0.356 e. The summed E-state index contributed by atoms with van der Waals surface area (Å²) in [6.07, 6.45) is 19.4. The van der Waals surface area contributed by atoms with E-state index in [1.807, 2.05) is 12.3 Å². The number of rotatable bonds is 13. The second-order valence-electron chi connectivity index (χ2n) is 7.98. The molecule has 0 spiro atoms. The molecule has 28 heavy (non-hydrogen) atoms. The molecule has 1 N–H and O–H groups in total. The van der Waals surface area contributed by atoms with Gasteiger partial charge in [-0.3, -0.25) is 0 Å². The van der Waals surface area contributed by atoms with Gasteiger partial charge in [0, 0.05) is 32.4 Å². The average Bonchev–Trinajstić information content (AvgIpc) is 3.00. The zero-order valence-corrected chi connectivity index (χ0v) is 18.2. The van der Waals surface area contributed by atoms with Crippen molar-refractivity contribution < 1.29 is 0 Å². The van der Waals surface area contributed by atoms with E-state index in [0.29, 0.717) is 0 Å². The van der Waals surface area contributed by atoms with E-state index < -0.39 is 0 Å². The van der Waals surface area contributed by atoms with Crippen molar-refractivity contribution in [1.29, 1.82) is 0 Å². The molecule has 1 saturated heterocycles. The Balaban J connectivity index is 1.60. The van der Waals surface area contributed by atoms with Crippen LogP contribution in [0.5, 0.6) is 0 Å². The third-order valence-electron chi connectivity index (χ3n) is 5.40. The number of aromatic nitrogens is 2. The maximum Gasteiger partial charge on any atom is 0.224 e. The van der Waals surface area contributed by atoms with Gasteiger partial charge in [-0.15, -0.1) is 0 Å². The van der Waals surface area contributed by atoms with Gasteiger partial charge in [-0.1, -0.05) is 44.8 Å². The van der Waals surface area contributed by atoms with Gasteiger partial charge in [-0.05, 0) is 58.2 Å². The molecular weight excluding hydrogens is 346 g/mol. The maximum atomic E-state index is 4.73. The molecule has 0 radical (unpaired) electrons. The Morgan fingerprint density at radius 1 is 1.04 bits per heavy atom. The third-order valence-corrected chi connectivity index (χ3v) is 5.40. The van der Waals surface area contributed by atoms with E-state index in [0.717, 1.165) is 44.5 Å². The summed E-state index contributed by atoms with van der Waals surface area (Å²) in [5.41, 5.74) is 0. The number of hydrogen-bond donors (Lipinski definition) is 1. The Bertz CT molecular complexity index is 538. The van der Waals surface area contributed by atoms with Crippen LogP contribution in [0.3, 0.4) is 0 Å². The number of unbranched alkanes of at least 4 members (excludes halogenated alkanes) is 4. The first-order valence-corrected chi connectivity index (χ1v) is 11.4. The highest BCUT2D eigenvalue weighted by atomic mass is 15.2. The largest absolute Gasteiger partial charge is 0.356 e. The minimum absolute atomic E-state index is 0.755. The minimum atomic E-state index is 0.755. The Hall–Kier alpha value is -1.62. The van der Waals surface area contributed by atoms with Gasteiger partial charge in [-0.25, -0.2) is 4.98 Å². The number of allylic oxidation sites excluding steroid dienone is 2. The Morgan fingerprint density at radius 2 is 1.79 bits per heavy atom. The Labute approximate surface area is 172 Å². The van der Waals surface area contributed by atoms with Crippen LogP contribution in [0.25, 0.3) is 0 Å². The van der Waals surface area contributed by atoms with Crippen LogP contribution in [0.4, 0.5) is 11.8 Å². The van der Waals surface area contributed by atoms with Crippen LogP contribution in [-0.4, -0.2) is 54.6 Å². The van der Waals surface area contributed by atoms with Gasteiger partial charge in [-0.2, -0.15) is 4.98 Å². The van der Waals surface area contributed by atoms with Crippen LogP contribution < -0.4 is 10.2 Å². The van der Waals surface area contributed by atoms with Gasteiger partial charge in [0.1, 0.15) is 5.82 Å². The van der Waals surface area contributed by atoms with E-state index in [-0.39, 0.29) is 0 Å². The standard InChI is InChI=1S/C23H41N5/c1-3-4-5-6-7-8-9-12-18-27(2)21-17-25-23-24-16-15-22(26-23)28-19-13-10-11-14-20-28/h7-8,15-16H,3-6,9-14,17-21H2,1-2H3,(H,24,25,26)/b8-7-. The predicted octanol–water partition coefficient (Wildman–Crippen LogP) is 5.12. The van der Waals surface area contributed by atoms with Crippen molar-refractivity contribution in [2.24, 2.45) is 0 Å². The average molecular weight is 388 g/mol. The van der Waals surface area contributed by atoms with E-state index in [4.69, 9.17) is 4.98 Å². The summed E-state index contributed by atoms with van der Waals surface area (Å²) < 4.78 is 0. The topological polar surface area (TPSA) is 44.3 Å². The molecule has 0 aliphatic carbocycles. The first-order chi connectivity index (χ1) is 13.8. The highest BCUT2D eigenvalue weighted by molar-refractivity contribution is 5.42. The normalized spacial score (nSPS) is 15.3. The molecular formula is C23H41N5. The monoisotopic (exact) mass is 387 g/mol. The maximum absolute atomic E-state index is 4.73. The fourth-order valence-corrected chi connectivity index (χ4v) is 3.61. The van der Waals surface area contributed by atoms with Crippen LogP contribution in [-0.2, 0) is 0 Å². The van der Waals surface area contributed by atoms with Crippen LogP contribution in [0, 0.1) is 0 Å². The molecule has 158 valence electrons. The molecule has 1 aromatic heterocycles. The molecule has 1 aliphatic heterocycles. The van der Waals surface area contributed by atoms with Crippen LogP contribution in [0.2, 0.25) is 0 Å². The molecule has 1 aliphatic rings. The number of hydrogen-bond acceptors (Lipinski definition) is 5. The molecule has 2 rings (SSSR count). The van der Waals surface area contributed by atoms with E-state index in [1.54, 1.807) is 0 Å². The highest BCUT2D eigenvalue weighted by Gasteiger charge is 2.11. The molecule has 0 amide bonds. The lowest BCUT2D eigenvalue weighted by Gasteiger charge is -2.22. The van der Waals surface area contributed by atoms with Crippen molar-refractivity contribution in [3.05, 3.63) is 24.4 Å². The predicted molar refractivity (Wildman–Crippen MR) is 121 cm³/mol. The number of nitrogens with one attached hydrogen (secondary N) is 1. The van der Waals surface area contributed by atoms with Crippen molar-refractivity contribution in [2.45, 2.75) is 71.1 Å². The summed E-state index contributed by atoms with van der Waals surface area (Å²) in [7, 11) is 2.20. The molecule has 2 heterocycles. The molecule has 1 fully saturated rings. The van der Waals surface area contributed by atoms with Crippen LogP contribution in [0.15, 0.2) is 24.4 Å². The highest BCUT2D eigenvalue weighted by Crippen LogP contribution is 2.17. The van der Waals surface area contributed by atoms with Gasteiger partial charge in [0.25, 0.3) is 0 Å². The lowest BCUT2D eigenvalue weighted by Crippen LogP contribution is -2.27. The lowest BCUT2D eigenvalue weighted by molar-refractivity contribution is 0.343. The number of nitrogens with zero attached hydrogens (tertiary/aromatic N) is 4. The summed E-state index contributed by atoms with van der Waals surface area (Å²) in [5.74, 6) is 1.82. The van der Waals surface area contributed by atoms with E-state index in [9.17, 15) is 0 Å². The summed E-state index contributed by atoms with van der Waals surface area (Å²) in [5, 5.41) is 3.40. The van der Waals surface area contributed by atoms with Crippen molar-refractivity contribution in [3.8, 4) is 0 Å². The summed E-state index contributed by atoms with van der Waals surface area (Å²) >= 11 is 0. The Morgan fingerprint density at radius 3 is 2.54 bits per heavy atom. The molecule has 0 aromatic carbocycles. The van der Waals surface area contributed by atoms with Crippen molar-refractivity contribution in [3.63, 3.8) is 0 Å². The van der Waals surface area contributed by atoms with Crippen molar-refractivity contribution >= 4 is 11.8 Å². The summed E-state index contributed by atoms with van der Waals surface area (Å²) in [4.78, 5) is 13.9. The fourth-order valence-electron chi connectivity index (χ4n) is 3.61. The van der Waals surface area contributed by atoms with E-state index >= 15 is 0 Å². The molecule has 0 saturated carbocycles. The first-order valence-electron chi connectivity index (χ1n) is 11.4. The van der Waals surface area contributed by atoms with E-state index in [1.165, 1.54) is 64.2 Å². The lowest BCUT2D eigenvalue weighted by atomic mass is 10.2. The third kappa shape index (κ3) is 9.54. The SMILES string of the molecule is CCCCC/C=C\CCCN(C)CCNc1nccc(N2CCCCCC2)n1. The number of anilines is 2. The zero-order chi connectivity index (χ0) is 19.9. The van der Waals surface area contributed by atoms with Gasteiger partial charge in [0.2, 0.25) is 5.95 Å². The molecule has 0 atom stereocenters. The van der Waals surface area contributed by atoms with Crippen LogP contribution in [0.1, 0.15) is 71.1 Å². The van der Waals surface area contributed by atoms with Crippen molar-refractivity contribution in [2.75, 3.05) is 50.0 Å². The van der Waals surface area contributed by atoms with Gasteiger partial charge in [0.05, 0.1) is 0 Å². The van der Waals surface area contributed by atoms with Crippen LogP contribution >= 0.6 is 0 Å². The summed E-state index contributed by atoms with van der Waals surface area (Å²) in [6.45, 7) is 7.52. The second-order valence-corrected chi connectivity index (χ2v) is 7.98. The van der Waals surface area contributed by atoms with Gasteiger partial charge < -0.3 is 15.1 Å². The summed E-state index contributed by atoms with van der Waals surface area (Å²) in [6, 6.07) is 2.04. The zero-order valence-electron chi connectivity index (χ0n) is 18.2. The van der Waals surface area contributed by atoms with Gasteiger partial charge >= 0.3 is 0 Å². The number of likely N-dealkylation sites (N-methyl/N-ethyl adjacent to an activating group) is 1. The molecule has 0 unspecified atom stereocenters. The quantitative estimate of drug-likeness (QED) is 0.376. The van der Waals surface area contributed by atoms with Gasteiger partial charge in [0.15, 0.2) is 0 Å². The second kappa shape index (κ2) is 14.4. The fraction of sp³-hybridized carbons (Fsp3) is 0.739. The Kier molecular flexibility index (Phi) is 11.6. The first kappa shape index (κ1) is 22.7. The molecule has 5 nitrogen and oxygen atoms in total. The van der Waals surface area contributed by atoms with Crippen molar-refractivity contribution in [1.82, 2.24) is 14.9 Å². The smallest absolute Gasteiger partial charge is 0.224 e.